The predicted octanol–water partition coefficient (Wildman–Crippen LogP) is 2.38. The fourth-order valence-corrected chi connectivity index (χ4v) is 1.11. The van der Waals surface area contributed by atoms with E-state index in [-0.39, 0.29) is 12.4 Å². The maximum absolute atomic E-state index is 5.58. The monoisotopic (exact) mass is 185 g/mol. The lowest BCUT2D eigenvalue weighted by Crippen LogP contribution is -2.32. The maximum Gasteiger partial charge on any atom is 0.0351 e. The van der Waals surface area contributed by atoms with E-state index in [0.29, 0.717) is 6.04 Å². The Hall–Kier alpha value is 0.540. The van der Waals surface area contributed by atoms with E-state index in [2.05, 4.69) is 25.7 Å². The van der Waals surface area contributed by atoms with Gasteiger partial charge in [0.15, 0.2) is 0 Å². The average molecular weight is 186 g/mol. The molecule has 0 aromatic carbocycles. The average Bonchev–Trinajstić information content (AvgIpc) is 1.82. The molecule has 0 bridgehead atoms. The van der Waals surface area contributed by atoms with E-state index in [1.165, 1.54) is 0 Å². The number of nitrogens with zero attached hydrogens (tertiary/aromatic N) is 1. The molecule has 0 aromatic rings. The summed E-state index contributed by atoms with van der Waals surface area (Å²) in [5, 5.41) is 0. The van der Waals surface area contributed by atoms with Gasteiger partial charge in [0.05, 0.1) is 0 Å². The largest absolute Gasteiger partial charge is 0.300 e. The Morgan fingerprint density at radius 3 is 2.00 bits per heavy atom. The first kappa shape index (κ1) is 13.2. The normalized spacial score (nSPS) is 10.2. The zero-order chi connectivity index (χ0) is 7.28. The fraction of sp³-hybridized carbons (Fsp3) is 1.00. The summed E-state index contributed by atoms with van der Waals surface area (Å²) in [6.45, 7) is 8.65. The van der Waals surface area contributed by atoms with Gasteiger partial charge in [0, 0.05) is 18.5 Å². The molecule has 3 heteroatoms. The first-order valence-corrected chi connectivity index (χ1v) is 4.05. The zero-order valence-electron chi connectivity index (χ0n) is 6.93. The van der Waals surface area contributed by atoms with Crippen LogP contribution >= 0.6 is 24.0 Å². The number of halogens is 2. The summed E-state index contributed by atoms with van der Waals surface area (Å²) in [4.78, 5) is 2.34. The van der Waals surface area contributed by atoms with Crippen LogP contribution in [0.4, 0.5) is 0 Å². The van der Waals surface area contributed by atoms with Gasteiger partial charge < -0.3 is 4.90 Å². The molecule has 0 saturated carbocycles. The minimum absolute atomic E-state index is 0. The van der Waals surface area contributed by atoms with Gasteiger partial charge in [0.2, 0.25) is 0 Å². The van der Waals surface area contributed by atoms with Crippen molar-refractivity contribution in [3.8, 4) is 0 Å². The van der Waals surface area contributed by atoms with Crippen LogP contribution in [0.15, 0.2) is 0 Å². The maximum atomic E-state index is 5.58. The summed E-state index contributed by atoms with van der Waals surface area (Å²) >= 11 is 5.58. The number of alkyl halides is 1. The Bertz CT molecular complexity index is 66.6. The van der Waals surface area contributed by atoms with Crippen LogP contribution in [0.5, 0.6) is 0 Å². The van der Waals surface area contributed by atoms with Crippen LogP contribution in [0, 0.1) is 0 Å². The van der Waals surface area contributed by atoms with Gasteiger partial charge in [-0.1, -0.05) is 6.92 Å². The number of hydrogen-bond acceptors (Lipinski definition) is 1. The molecule has 0 spiro atoms. The van der Waals surface area contributed by atoms with Crippen LogP contribution in [0.25, 0.3) is 0 Å². The third kappa shape index (κ3) is 5.33. The van der Waals surface area contributed by atoms with Gasteiger partial charge in [-0.2, -0.15) is 0 Å². The van der Waals surface area contributed by atoms with Gasteiger partial charge >= 0.3 is 0 Å². The summed E-state index contributed by atoms with van der Waals surface area (Å²) in [6, 6.07) is 0.633. The molecule has 0 radical (unpaired) electrons. The SMILES string of the molecule is CCN(CCCl)C(C)C.Cl. The fourth-order valence-electron chi connectivity index (χ4n) is 0.890. The van der Waals surface area contributed by atoms with Gasteiger partial charge in [0.25, 0.3) is 0 Å². The molecule has 0 aromatic heterocycles. The van der Waals surface area contributed by atoms with Crippen molar-refractivity contribution in [2.45, 2.75) is 26.8 Å². The third-order valence-corrected chi connectivity index (χ3v) is 1.68. The lowest BCUT2D eigenvalue weighted by Gasteiger charge is -2.23. The van der Waals surface area contributed by atoms with Crippen molar-refractivity contribution in [1.29, 1.82) is 0 Å². The van der Waals surface area contributed by atoms with Crippen molar-refractivity contribution < 1.29 is 0 Å². The van der Waals surface area contributed by atoms with Crippen LogP contribution < -0.4 is 0 Å². The van der Waals surface area contributed by atoms with E-state index in [9.17, 15) is 0 Å². The lowest BCUT2D eigenvalue weighted by atomic mass is 10.3. The molecule has 0 atom stereocenters. The van der Waals surface area contributed by atoms with Crippen molar-refractivity contribution >= 4 is 24.0 Å². The summed E-state index contributed by atoms with van der Waals surface area (Å²) in [7, 11) is 0. The van der Waals surface area contributed by atoms with E-state index >= 15 is 0 Å². The Balaban J connectivity index is 0. The molecule has 0 fully saturated rings. The topological polar surface area (TPSA) is 3.24 Å². The highest BCUT2D eigenvalue weighted by molar-refractivity contribution is 6.18. The predicted molar refractivity (Wildman–Crippen MR) is 50.4 cm³/mol. The molecule has 0 aliphatic rings. The second kappa shape index (κ2) is 7.64. The Kier molecular flexibility index (Phi) is 10.1. The van der Waals surface area contributed by atoms with Gasteiger partial charge in [-0.05, 0) is 20.4 Å². The molecule has 0 saturated heterocycles. The van der Waals surface area contributed by atoms with Gasteiger partial charge in [0.1, 0.15) is 0 Å². The highest BCUT2D eigenvalue weighted by Gasteiger charge is 2.03. The molecule has 0 rings (SSSR count). The minimum Gasteiger partial charge on any atom is -0.300 e. The molecule has 1 nitrogen and oxygen atoms in total. The lowest BCUT2D eigenvalue weighted by molar-refractivity contribution is 0.248. The Morgan fingerprint density at radius 2 is 1.90 bits per heavy atom. The van der Waals surface area contributed by atoms with Crippen molar-refractivity contribution in [2.24, 2.45) is 0 Å². The summed E-state index contributed by atoms with van der Waals surface area (Å²) < 4.78 is 0. The summed E-state index contributed by atoms with van der Waals surface area (Å²) in [5.74, 6) is 0.742. The van der Waals surface area contributed by atoms with E-state index in [1.807, 2.05) is 0 Å². The van der Waals surface area contributed by atoms with Crippen LogP contribution in [0.3, 0.4) is 0 Å². The first-order valence-electron chi connectivity index (χ1n) is 3.52. The van der Waals surface area contributed by atoms with Crippen molar-refractivity contribution in [3.63, 3.8) is 0 Å². The summed E-state index contributed by atoms with van der Waals surface area (Å²) in [6.07, 6.45) is 0. The Labute approximate surface area is 75.1 Å². The molecule has 64 valence electrons. The smallest absolute Gasteiger partial charge is 0.0351 e. The molecule has 0 aliphatic carbocycles. The third-order valence-electron chi connectivity index (χ3n) is 1.51. The molecule has 10 heavy (non-hydrogen) atoms. The number of hydrogen-bond donors (Lipinski definition) is 0. The zero-order valence-corrected chi connectivity index (χ0v) is 8.50. The van der Waals surface area contributed by atoms with Gasteiger partial charge in [-0.15, -0.1) is 24.0 Å². The van der Waals surface area contributed by atoms with Crippen LogP contribution in [0.2, 0.25) is 0 Å². The number of rotatable bonds is 4. The highest BCUT2D eigenvalue weighted by Crippen LogP contribution is 1.96. The van der Waals surface area contributed by atoms with E-state index in [4.69, 9.17) is 11.6 Å². The van der Waals surface area contributed by atoms with E-state index in [1.54, 1.807) is 0 Å². The van der Waals surface area contributed by atoms with Crippen molar-refractivity contribution in [1.82, 2.24) is 4.90 Å². The second-order valence-corrected chi connectivity index (χ2v) is 2.79. The van der Waals surface area contributed by atoms with E-state index in [0.717, 1.165) is 19.0 Å². The molecule has 0 N–H and O–H groups in total. The molecular weight excluding hydrogens is 169 g/mol. The minimum atomic E-state index is 0. The standard InChI is InChI=1S/C7H16ClN.ClH/c1-4-9(6-5-8)7(2)3;/h7H,4-6H2,1-3H3;1H. The molecule has 0 amide bonds. The van der Waals surface area contributed by atoms with Gasteiger partial charge in [-0.3, -0.25) is 0 Å². The Morgan fingerprint density at radius 1 is 1.40 bits per heavy atom. The molecule has 0 heterocycles. The van der Waals surface area contributed by atoms with Crippen LogP contribution in [0.1, 0.15) is 20.8 Å². The molecule has 0 aliphatic heterocycles. The quantitative estimate of drug-likeness (QED) is 0.609. The second-order valence-electron chi connectivity index (χ2n) is 2.41. The van der Waals surface area contributed by atoms with Crippen LogP contribution in [-0.4, -0.2) is 29.9 Å². The van der Waals surface area contributed by atoms with E-state index < -0.39 is 0 Å². The van der Waals surface area contributed by atoms with Gasteiger partial charge in [-0.25, -0.2) is 0 Å². The van der Waals surface area contributed by atoms with Crippen LogP contribution in [-0.2, 0) is 0 Å². The summed E-state index contributed by atoms with van der Waals surface area (Å²) in [5.41, 5.74) is 0. The molecule has 0 unspecified atom stereocenters. The van der Waals surface area contributed by atoms with Crippen molar-refractivity contribution in [3.05, 3.63) is 0 Å². The van der Waals surface area contributed by atoms with Crippen molar-refractivity contribution in [2.75, 3.05) is 19.0 Å². The highest BCUT2D eigenvalue weighted by atomic mass is 35.5. The first-order chi connectivity index (χ1) is 4.22. The molecular formula is C7H17Cl2N.